The van der Waals surface area contributed by atoms with Gasteiger partial charge in [0, 0.05) is 22.1 Å². The largest absolute Gasteiger partial charge is 0.379 e. The van der Waals surface area contributed by atoms with Gasteiger partial charge in [-0.1, -0.05) is 0 Å². The molecule has 0 amide bonds. The number of hydrogen-bond donors (Lipinski definition) is 1. The van der Waals surface area contributed by atoms with Crippen molar-refractivity contribution < 1.29 is 0 Å². The number of rotatable bonds is 3. The van der Waals surface area contributed by atoms with Crippen molar-refractivity contribution in [1.82, 2.24) is 4.98 Å². The smallest absolute Gasteiger partial charge is 0.0843 e. The highest BCUT2D eigenvalue weighted by atomic mass is 79.9. The van der Waals surface area contributed by atoms with Crippen LogP contribution in [0, 0.1) is 6.92 Å². The molecule has 0 aliphatic carbocycles. The lowest BCUT2D eigenvalue weighted by Gasteiger charge is -2.06. The molecule has 2 aromatic rings. The summed E-state index contributed by atoms with van der Waals surface area (Å²) < 4.78 is 2.24. The SMILES string of the molecule is Cc1ccncc1NCc1cc(Br)c(Br)s1. The Morgan fingerprint density at radius 1 is 1.44 bits per heavy atom. The van der Waals surface area contributed by atoms with E-state index in [1.54, 1.807) is 17.5 Å². The van der Waals surface area contributed by atoms with Crippen molar-refractivity contribution in [3.63, 3.8) is 0 Å². The van der Waals surface area contributed by atoms with E-state index in [9.17, 15) is 0 Å². The molecule has 1 N–H and O–H groups in total. The summed E-state index contributed by atoms with van der Waals surface area (Å²) in [5.41, 5.74) is 2.30. The predicted octanol–water partition coefficient (Wildman–Crippen LogP) is 4.59. The number of halogens is 2. The molecule has 0 spiro atoms. The Hall–Kier alpha value is -0.390. The molecule has 0 bridgehead atoms. The Morgan fingerprint density at radius 3 is 2.88 bits per heavy atom. The summed E-state index contributed by atoms with van der Waals surface area (Å²) in [4.78, 5) is 5.38. The third-order valence-corrected chi connectivity index (χ3v) is 5.44. The van der Waals surface area contributed by atoms with Gasteiger partial charge in [-0.15, -0.1) is 11.3 Å². The number of thiophene rings is 1. The number of hydrogen-bond acceptors (Lipinski definition) is 3. The monoisotopic (exact) mass is 360 g/mol. The van der Waals surface area contributed by atoms with Crippen LogP contribution in [-0.2, 0) is 6.54 Å². The zero-order chi connectivity index (χ0) is 11.5. The van der Waals surface area contributed by atoms with E-state index in [1.807, 2.05) is 12.3 Å². The van der Waals surface area contributed by atoms with E-state index in [0.29, 0.717) is 0 Å². The van der Waals surface area contributed by atoms with Gasteiger partial charge >= 0.3 is 0 Å². The maximum absolute atomic E-state index is 4.10. The van der Waals surface area contributed by atoms with E-state index in [-0.39, 0.29) is 0 Å². The minimum atomic E-state index is 0.821. The molecule has 2 heterocycles. The Morgan fingerprint density at radius 2 is 2.25 bits per heavy atom. The van der Waals surface area contributed by atoms with Crippen molar-refractivity contribution in [2.45, 2.75) is 13.5 Å². The second-order valence-corrected chi connectivity index (χ2v) is 6.69. The molecular formula is C11H10Br2N2S. The van der Waals surface area contributed by atoms with Crippen LogP contribution >= 0.6 is 43.2 Å². The van der Waals surface area contributed by atoms with Gasteiger partial charge in [0.2, 0.25) is 0 Å². The second kappa shape index (κ2) is 5.29. The van der Waals surface area contributed by atoms with E-state index < -0.39 is 0 Å². The Bertz CT molecular complexity index is 477. The highest BCUT2D eigenvalue weighted by Gasteiger charge is 2.04. The molecule has 2 nitrogen and oxygen atoms in total. The van der Waals surface area contributed by atoms with Gasteiger partial charge in [-0.05, 0) is 56.5 Å². The van der Waals surface area contributed by atoms with Crippen LogP contribution in [0.1, 0.15) is 10.4 Å². The standard InChI is InChI=1S/C11H10Br2N2S/c1-7-2-3-14-6-10(7)15-5-8-4-9(12)11(13)16-8/h2-4,6,15H,5H2,1H3. The van der Waals surface area contributed by atoms with Crippen LogP contribution in [0.3, 0.4) is 0 Å². The van der Waals surface area contributed by atoms with E-state index in [1.165, 1.54) is 10.4 Å². The van der Waals surface area contributed by atoms with Crippen molar-refractivity contribution in [2.75, 3.05) is 5.32 Å². The Kier molecular flexibility index (Phi) is 4.00. The fraction of sp³-hybridized carbons (Fsp3) is 0.182. The number of aryl methyl sites for hydroxylation is 1. The summed E-state index contributed by atoms with van der Waals surface area (Å²) in [6, 6.07) is 4.12. The summed E-state index contributed by atoms with van der Waals surface area (Å²) in [5.74, 6) is 0. The van der Waals surface area contributed by atoms with Gasteiger partial charge in [0.05, 0.1) is 15.7 Å². The van der Waals surface area contributed by atoms with Gasteiger partial charge < -0.3 is 5.32 Å². The highest BCUT2D eigenvalue weighted by molar-refractivity contribution is 9.13. The summed E-state index contributed by atoms with van der Waals surface area (Å²) >= 11 is 8.69. The molecule has 2 rings (SSSR count). The van der Waals surface area contributed by atoms with Crippen LogP contribution in [0.5, 0.6) is 0 Å². The molecule has 0 saturated heterocycles. The molecule has 0 radical (unpaired) electrons. The molecule has 2 aromatic heterocycles. The quantitative estimate of drug-likeness (QED) is 0.864. The lowest BCUT2D eigenvalue weighted by Crippen LogP contribution is -1.99. The molecule has 0 aliphatic rings. The molecule has 0 aliphatic heterocycles. The van der Waals surface area contributed by atoms with Crippen molar-refractivity contribution >= 4 is 48.9 Å². The summed E-state index contributed by atoms with van der Waals surface area (Å²) in [7, 11) is 0. The van der Waals surface area contributed by atoms with Crippen LogP contribution in [0.15, 0.2) is 32.8 Å². The van der Waals surface area contributed by atoms with Crippen molar-refractivity contribution in [2.24, 2.45) is 0 Å². The van der Waals surface area contributed by atoms with Gasteiger partial charge in [-0.2, -0.15) is 0 Å². The predicted molar refractivity (Wildman–Crippen MR) is 76.0 cm³/mol. The van der Waals surface area contributed by atoms with E-state index in [0.717, 1.165) is 20.5 Å². The second-order valence-electron chi connectivity index (χ2n) is 3.38. The number of anilines is 1. The van der Waals surface area contributed by atoms with E-state index >= 15 is 0 Å². The first-order valence-electron chi connectivity index (χ1n) is 4.75. The number of aromatic nitrogens is 1. The van der Waals surface area contributed by atoms with Crippen LogP contribution < -0.4 is 5.32 Å². The van der Waals surface area contributed by atoms with Gasteiger partial charge in [-0.3, -0.25) is 4.98 Å². The normalized spacial score (nSPS) is 10.4. The fourth-order valence-corrected chi connectivity index (χ4v) is 3.43. The molecule has 0 atom stereocenters. The number of nitrogens with one attached hydrogen (secondary N) is 1. The number of nitrogens with zero attached hydrogens (tertiary/aromatic N) is 1. The van der Waals surface area contributed by atoms with Crippen LogP contribution in [0.4, 0.5) is 5.69 Å². The zero-order valence-electron chi connectivity index (χ0n) is 8.63. The van der Waals surface area contributed by atoms with Gasteiger partial charge in [0.15, 0.2) is 0 Å². The van der Waals surface area contributed by atoms with Gasteiger partial charge in [0.1, 0.15) is 0 Å². The first-order chi connectivity index (χ1) is 7.66. The summed E-state index contributed by atoms with van der Waals surface area (Å²) in [6.45, 7) is 2.89. The minimum Gasteiger partial charge on any atom is -0.379 e. The van der Waals surface area contributed by atoms with E-state index in [2.05, 4.69) is 55.2 Å². The first kappa shape index (κ1) is 12.1. The van der Waals surface area contributed by atoms with Crippen molar-refractivity contribution in [3.05, 3.63) is 43.2 Å². The Balaban J connectivity index is 2.05. The Labute approximate surface area is 115 Å². The highest BCUT2D eigenvalue weighted by Crippen LogP contribution is 2.32. The van der Waals surface area contributed by atoms with Gasteiger partial charge in [0.25, 0.3) is 0 Å². The number of pyridine rings is 1. The van der Waals surface area contributed by atoms with Crippen molar-refractivity contribution in [3.8, 4) is 0 Å². The molecule has 84 valence electrons. The molecule has 0 unspecified atom stereocenters. The molecule has 16 heavy (non-hydrogen) atoms. The van der Waals surface area contributed by atoms with Gasteiger partial charge in [-0.25, -0.2) is 0 Å². The zero-order valence-corrected chi connectivity index (χ0v) is 12.6. The topological polar surface area (TPSA) is 24.9 Å². The van der Waals surface area contributed by atoms with Crippen LogP contribution in [0.25, 0.3) is 0 Å². The third-order valence-electron chi connectivity index (χ3n) is 2.19. The lowest BCUT2D eigenvalue weighted by atomic mass is 10.2. The third kappa shape index (κ3) is 2.84. The summed E-state index contributed by atoms with van der Waals surface area (Å²) in [5, 5.41) is 3.38. The molecule has 0 fully saturated rings. The van der Waals surface area contributed by atoms with Crippen molar-refractivity contribution in [1.29, 1.82) is 0 Å². The lowest BCUT2D eigenvalue weighted by molar-refractivity contribution is 1.15. The molecule has 0 saturated carbocycles. The molecule has 0 aromatic carbocycles. The summed E-state index contributed by atoms with van der Waals surface area (Å²) in [6.07, 6.45) is 3.66. The molecular weight excluding hydrogens is 352 g/mol. The first-order valence-corrected chi connectivity index (χ1v) is 7.15. The van der Waals surface area contributed by atoms with Crippen LogP contribution in [-0.4, -0.2) is 4.98 Å². The minimum absolute atomic E-state index is 0.821. The van der Waals surface area contributed by atoms with E-state index in [4.69, 9.17) is 0 Å². The van der Waals surface area contributed by atoms with Crippen LogP contribution in [0.2, 0.25) is 0 Å². The maximum atomic E-state index is 4.10. The average Bonchev–Trinajstić information content (AvgIpc) is 2.57. The maximum Gasteiger partial charge on any atom is 0.0843 e. The molecule has 5 heteroatoms. The average molecular weight is 362 g/mol. The fourth-order valence-electron chi connectivity index (χ4n) is 1.31.